The van der Waals surface area contributed by atoms with Crippen molar-refractivity contribution in [1.82, 2.24) is 25.5 Å². The molecule has 1 N–H and O–H groups in total. The molecular formula is C24H29N5O2S. The molecule has 0 aliphatic heterocycles. The topological polar surface area (TPSA) is 81.9 Å². The van der Waals surface area contributed by atoms with Gasteiger partial charge in [0.25, 0.3) is 5.91 Å². The number of aromatic nitrogens is 4. The average molecular weight is 452 g/mol. The first-order valence-corrected chi connectivity index (χ1v) is 12.2. The minimum Gasteiger partial charge on any atom is -0.376 e. The smallest absolute Gasteiger partial charge is 0.252 e. The number of hydrogen-bond acceptors (Lipinski definition) is 6. The number of ether oxygens (including phenoxy) is 1. The molecule has 8 heteroatoms. The number of rotatable bonds is 9. The van der Waals surface area contributed by atoms with Crippen molar-refractivity contribution in [3.63, 3.8) is 0 Å². The van der Waals surface area contributed by atoms with Gasteiger partial charge < -0.3 is 10.1 Å². The van der Waals surface area contributed by atoms with Crippen LogP contribution in [0.3, 0.4) is 0 Å². The molecule has 1 amide bonds. The maximum atomic E-state index is 12.8. The van der Waals surface area contributed by atoms with Gasteiger partial charge in [0.2, 0.25) is 0 Å². The van der Waals surface area contributed by atoms with Crippen LogP contribution in [0.1, 0.15) is 48.8 Å². The number of benzene rings is 2. The second-order valence-corrected chi connectivity index (χ2v) is 9.07. The zero-order valence-electron chi connectivity index (χ0n) is 18.3. The van der Waals surface area contributed by atoms with Gasteiger partial charge in [-0.05, 0) is 53.5 Å². The summed E-state index contributed by atoms with van der Waals surface area (Å²) in [5.74, 6) is 1.79. The lowest BCUT2D eigenvalue weighted by Gasteiger charge is -2.28. The third-order valence-corrected chi connectivity index (χ3v) is 6.85. The second kappa shape index (κ2) is 11.2. The maximum Gasteiger partial charge on any atom is 0.252 e. The highest BCUT2D eigenvalue weighted by molar-refractivity contribution is 7.98. The molecule has 3 aromatic rings. The van der Waals surface area contributed by atoms with Crippen molar-refractivity contribution in [1.29, 1.82) is 0 Å². The first-order chi connectivity index (χ1) is 15.7. The van der Waals surface area contributed by atoms with Gasteiger partial charge in [-0.3, -0.25) is 4.79 Å². The quantitative estimate of drug-likeness (QED) is 0.386. The van der Waals surface area contributed by atoms with Crippen LogP contribution in [0.4, 0.5) is 0 Å². The Morgan fingerprint density at radius 3 is 2.75 bits per heavy atom. The second-order valence-electron chi connectivity index (χ2n) is 8.05. The number of tetrazole rings is 1. The number of amides is 1. The van der Waals surface area contributed by atoms with Crippen LogP contribution in [-0.2, 0) is 10.5 Å². The van der Waals surface area contributed by atoms with E-state index >= 15 is 0 Å². The van der Waals surface area contributed by atoms with Crippen molar-refractivity contribution in [3.8, 4) is 5.69 Å². The summed E-state index contributed by atoms with van der Waals surface area (Å²) in [7, 11) is 0. The van der Waals surface area contributed by atoms with Gasteiger partial charge in [-0.15, -0.1) is 16.9 Å². The largest absolute Gasteiger partial charge is 0.376 e. The zero-order chi connectivity index (χ0) is 22.2. The molecule has 0 radical (unpaired) electrons. The number of hydrogen-bond donors (Lipinski definition) is 1. The summed E-state index contributed by atoms with van der Waals surface area (Å²) < 4.78 is 7.74. The lowest BCUT2D eigenvalue weighted by atomic mass is 9.88. The molecule has 1 aliphatic carbocycles. The number of nitrogens with zero attached hydrogens (tertiary/aromatic N) is 4. The molecule has 4 rings (SSSR count). The van der Waals surface area contributed by atoms with E-state index in [0.717, 1.165) is 22.8 Å². The Bertz CT molecular complexity index is 1010. The van der Waals surface area contributed by atoms with Gasteiger partial charge in [0, 0.05) is 11.4 Å². The lowest BCUT2D eigenvalue weighted by molar-refractivity contribution is -0.00294. The predicted octanol–water partition coefficient (Wildman–Crippen LogP) is 4.28. The van der Waals surface area contributed by atoms with Gasteiger partial charge in [0.15, 0.2) is 5.82 Å². The minimum atomic E-state index is -0.0870. The average Bonchev–Trinajstić information content (AvgIpc) is 3.31. The van der Waals surface area contributed by atoms with E-state index in [-0.39, 0.29) is 5.91 Å². The van der Waals surface area contributed by atoms with Crippen LogP contribution in [0.15, 0.2) is 59.5 Å². The molecule has 0 saturated heterocycles. The van der Waals surface area contributed by atoms with Crippen molar-refractivity contribution in [2.75, 3.05) is 13.2 Å². The molecule has 32 heavy (non-hydrogen) atoms. The molecule has 1 aromatic heterocycles. The van der Waals surface area contributed by atoms with Gasteiger partial charge >= 0.3 is 0 Å². The van der Waals surface area contributed by atoms with Gasteiger partial charge in [-0.25, -0.2) is 0 Å². The van der Waals surface area contributed by atoms with Gasteiger partial charge in [-0.1, -0.05) is 50.1 Å². The van der Waals surface area contributed by atoms with Crippen molar-refractivity contribution >= 4 is 17.7 Å². The Morgan fingerprint density at radius 1 is 1.12 bits per heavy atom. The first-order valence-electron chi connectivity index (χ1n) is 11.2. The van der Waals surface area contributed by atoms with Crippen molar-refractivity contribution in [2.45, 2.75) is 49.4 Å². The van der Waals surface area contributed by atoms with E-state index in [9.17, 15) is 4.79 Å². The van der Waals surface area contributed by atoms with Crippen molar-refractivity contribution < 1.29 is 9.53 Å². The predicted molar refractivity (Wildman–Crippen MR) is 125 cm³/mol. The van der Waals surface area contributed by atoms with Crippen molar-refractivity contribution in [3.05, 3.63) is 66.0 Å². The van der Waals surface area contributed by atoms with E-state index in [4.69, 9.17) is 4.74 Å². The van der Waals surface area contributed by atoms with E-state index in [1.807, 2.05) is 54.6 Å². The highest BCUT2D eigenvalue weighted by Crippen LogP contribution is 2.27. The van der Waals surface area contributed by atoms with E-state index < -0.39 is 0 Å². The molecule has 0 bridgehead atoms. The number of thioether (sulfide) groups is 1. The fraction of sp³-hybridized carbons (Fsp3) is 0.417. The van der Waals surface area contributed by atoms with Crippen LogP contribution in [0.2, 0.25) is 0 Å². The van der Waals surface area contributed by atoms with Crippen LogP contribution in [0.5, 0.6) is 0 Å². The number of para-hydroxylation sites is 1. The molecule has 2 atom stereocenters. The summed E-state index contributed by atoms with van der Waals surface area (Å²) in [6, 6.07) is 17.4. The number of carbonyl (C=O) groups excluding carboxylic acids is 1. The summed E-state index contributed by atoms with van der Waals surface area (Å²) >= 11 is 1.55. The van der Waals surface area contributed by atoms with E-state index in [1.54, 1.807) is 16.4 Å². The molecule has 2 aromatic carbocycles. The highest BCUT2D eigenvalue weighted by Gasteiger charge is 2.21. The summed E-state index contributed by atoms with van der Waals surface area (Å²) in [5, 5.41) is 15.1. The van der Waals surface area contributed by atoms with Crippen LogP contribution in [-0.4, -0.2) is 45.4 Å². The molecule has 2 unspecified atom stereocenters. The Hall–Kier alpha value is -2.71. The van der Waals surface area contributed by atoms with Gasteiger partial charge in [0.1, 0.15) is 0 Å². The fourth-order valence-corrected chi connectivity index (χ4v) is 4.94. The summed E-state index contributed by atoms with van der Waals surface area (Å²) in [6.45, 7) is 3.30. The molecule has 1 saturated carbocycles. The Labute approximate surface area is 192 Å². The maximum absolute atomic E-state index is 12.8. The summed E-state index contributed by atoms with van der Waals surface area (Å²) in [6.07, 6.45) is 5.20. The molecule has 1 fully saturated rings. The highest BCUT2D eigenvalue weighted by atomic mass is 32.2. The molecule has 168 valence electrons. The number of nitrogens with one attached hydrogen (secondary N) is 1. The molecule has 1 heterocycles. The third kappa shape index (κ3) is 5.75. The van der Waals surface area contributed by atoms with Crippen molar-refractivity contribution in [2.24, 2.45) is 5.92 Å². The molecule has 1 aliphatic rings. The lowest BCUT2D eigenvalue weighted by Crippen LogP contribution is -2.32. The van der Waals surface area contributed by atoms with E-state index in [0.29, 0.717) is 36.5 Å². The van der Waals surface area contributed by atoms with Gasteiger partial charge in [-0.2, -0.15) is 4.68 Å². The first kappa shape index (κ1) is 22.5. The standard InChI is InChI=1S/C24H29N5O2S/c1-18-9-5-7-13-21(18)31-16-15-25-24(30)20-12-6-8-14-22(20)32-17-23-26-27-28-29(23)19-10-3-2-4-11-19/h2-4,6,8,10-12,14,18,21H,5,7,9,13,15-17H2,1H3,(H,25,30). The van der Waals surface area contributed by atoms with E-state index in [1.165, 1.54) is 19.3 Å². The van der Waals surface area contributed by atoms with E-state index in [2.05, 4.69) is 27.8 Å². The molecule has 7 nitrogen and oxygen atoms in total. The third-order valence-electron chi connectivity index (χ3n) is 5.78. The van der Waals surface area contributed by atoms with Crippen LogP contribution in [0.25, 0.3) is 5.69 Å². The minimum absolute atomic E-state index is 0.0870. The van der Waals surface area contributed by atoms with Crippen LogP contribution < -0.4 is 5.32 Å². The Morgan fingerprint density at radius 2 is 1.91 bits per heavy atom. The Kier molecular flexibility index (Phi) is 7.90. The molecular weight excluding hydrogens is 422 g/mol. The number of carbonyl (C=O) groups is 1. The Balaban J connectivity index is 1.32. The van der Waals surface area contributed by atoms with Gasteiger partial charge in [0.05, 0.1) is 29.7 Å². The van der Waals surface area contributed by atoms with Crippen LogP contribution >= 0.6 is 11.8 Å². The summed E-state index contributed by atoms with van der Waals surface area (Å²) in [5.41, 5.74) is 1.56. The fourth-order valence-electron chi connectivity index (χ4n) is 3.99. The normalized spacial score (nSPS) is 18.4. The monoisotopic (exact) mass is 451 g/mol. The summed E-state index contributed by atoms with van der Waals surface area (Å²) in [4.78, 5) is 13.7. The van der Waals surface area contributed by atoms with Crippen LogP contribution in [0, 0.1) is 5.92 Å². The molecule has 0 spiro atoms. The zero-order valence-corrected chi connectivity index (χ0v) is 19.1. The SMILES string of the molecule is CC1CCCCC1OCCNC(=O)c1ccccc1SCc1nnnn1-c1ccccc1.